The molecule has 0 aliphatic heterocycles. The second kappa shape index (κ2) is 4.96. The summed E-state index contributed by atoms with van der Waals surface area (Å²) in [5, 5.41) is 8.91. The number of carboxylic acid groups (broad SMARTS) is 1. The van der Waals surface area contributed by atoms with Crippen molar-refractivity contribution in [3.63, 3.8) is 0 Å². The Hall–Kier alpha value is -2.37. The number of benzene rings is 2. The van der Waals surface area contributed by atoms with Crippen molar-refractivity contribution in [2.24, 2.45) is 0 Å². The largest absolute Gasteiger partial charge is 0.478 e. The van der Waals surface area contributed by atoms with Gasteiger partial charge in [-0.3, -0.25) is 0 Å². The number of aromatic carboxylic acids is 1. The van der Waals surface area contributed by atoms with Gasteiger partial charge in [0.25, 0.3) is 0 Å². The predicted octanol–water partition coefficient (Wildman–Crippen LogP) is 3.92. The van der Waals surface area contributed by atoms with Gasteiger partial charge >= 0.3 is 5.97 Å². The topological polar surface area (TPSA) is 37.3 Å². The summed E-state index contributed by atoms with van der Waals surface area (Å²) in [5.41, 5.74) is -1.31. The Morgan fingerprint density at radius 3 is 1.90 bits per heavy atom. The fraction of sp³-hybridized carbons (Fsp3) is 0.0714. The molecule has 104 valence electrons. The average molecular weight is 284 g/mol. The van der Waals surface area contributed by atoms with Gasteiger partial charge in [0.05, 0.1) is 0 Å². The standard InChI is InChI=1S/C14H8F4O2/c1-6-2-4-7(5-3-6)8-9(14(19)20)11(16)13(18)12(17)10(8)15/h2-5H,1H3,(H,19,20). The summed E-state index contributed by atoms with van der Waals surface area (Å²) in [6, 6.07) is 5.63. The van der Waals surface area contributed by atoms with Crippen LogP contribution in [-0.2, 0) is 0 Å². The lowest BCUT2D eigenvalue weighted by Gasteiger charge is -2.11. The number of rotatable bonds is 2. The lowest BCUT2D eigenvalue weighted by atomic mass is 9.97. The lowest BCUT2D eigenvalue weighted by Crippen LogP contribution is -2.11. The lowest BCUT2D eigenvalue weighted by molar-refractivity contribution is 0.0690. The molecule has 0 fully saturated rings. The molecular weight excluding hydrogens is 276 g/mol. The highest BCUT2D eigenvalue weighted by molar-refractivity contribution is 5.96. The summed E-state index contributed by atoms with van der Waals surface area (Å²) < 4.78 is 53.8. The Morgan fingerprint density at radius 2 is 1.40 bits per heavy atom. The van der Waals surface area contributed by atoms with Gasteiger partial charge in [-0.05, 0) is 12.5 Å². The van der Waals surface area contributed by atoms with E-state index in [0.29, 0.717) is 0 Å². The van der Waals surface area contributed by atoms with Crippen LogP contribution in [0.15, 0.2) is 24.3 Å². The van der Waals surface area contributed by atoms with Crippen molar-refractivity contribution < 1.29 is 27.5 Å². The molecule has 0 radical (unpaired) electrons. The van der Waals surface area contributed by atoms with Gasteiger partial charge in [0, 0.05) is 5.56 Å². The van der Waals surface area contributed by atoms with E-state index < -0.39 is 40.4 Å². The Morgan fingerprint density at radius 1 is 0.900 bits per heavy atom. The van der Waals surface area contributed by atoms with Crippen molar-refractivity contribution in [3.8, 4) is 11.1 Å². The molecule has 20 heavy (non-hydrogen) atoms. The van der Waals surface area contributed by atoms with Gasteiger partial charge in [0.2, 0.25) is 0 Å². The molecule has 0 aromatic heterocycles. The number of aryl methyl sites for hydroxylation is 1. The first-order valence-electron chi connectivity index (χ1n) is 5.51. The third kappa shape index (κ3) is 2.13. The molecule has 2 nitrogen and oxygen atoms in total. The third-order valence-electron chi connectivity index (χ3n) is 2.82. The van der Waals surface area contributed by atoms with Crippen molar-refractivity contribution in [1.82, 2.24) is 0 Å². The van der Waals surface area contributed by atoms with Gasteiger partial charge in [-0.25, -0.2) is 22.4 Å². The fourth-order valence-corrected chi connectivity index (χ4v) is 1.82. The zero-order valence-electron chi connectivity index (χ0n) is 10.2. The molecule has 0 aliphatic carbocycles. The fourth-order valence-electron chi connectivity index (χ4n) is 1.82. The van der Waals surface area contributed by atoms with Gasteiger partial charge < -0.3 is 5.11 Å². The summed E-state index contributed by atoms with van der Waals surface area (Å²) in [7, 11) is 0. The van der Waals surface area contributed by atoms with Gasteiger partial charge in [0.15, 0.2) is 23.3 Å². The summed E-state index contributed by atoms with van der Waals surface area (Å²) in [6.45, 7) is 1.73. The minimum absolute atomic E-state index is 0.0525. The first kappa shape index (κ1) is 14.0. The molecule has 6 heteroatoms. The van der Waals surface area contributed by atoms with Crippen molar-refractivity contribution in [1.29, 1.82) is 0 Å². The van der Waals surface area contributed by atoms with Crippen LogP contribution in [-0.4, -0.2) is 11.1 Å². The van der Waals surface area contributed by atoms with Crippen molar-refractivity contribution >= 4 is 5.97 Å². The Kier molecular flexibility index (Phi) is 3.48. The van der Waals surface area contributed by atoms with Crippen LogP contribution in [0.2, 0.25) is 0 Å². The first-order chi connectivity index (χ1) is 9.34. The highest BCUT2D eigenvalue weighted by Crippen LogP contribution is 2.32. The summed E-state index contributed by atoms with van der Waals surface area (Å²) >= 11 is 0. The van der Waals surface area contributed by atoms with Crippen LogP contribution in [0.3, 0.4) is 0 Å². The summed E-state index contributed by atoms with van der Waals surface area (Å²) in [4.78, 5) is 11.0. The first-order valence-corrected chi connectivity index (χ1v) is 5.51. The predicted molar refractivity (Wildman–Crippen MR) is 63.4 cm³/mol. The molecule has 0 atom stereocenters. The molecule has 2 aromatic rings. The molecule has 1 N–H and O–H groups in total. The van der Waals surface area contributed by atoms with Crippen LogP contribution in [0, 0.1) is 30.2 Å². The third-order valence-corrected chi connectivity index (χ3v) is 2.82. The van der Waals surface area contributed by atoms with Crippen molar-refractivity contribution in [3.05, 3.63) is 58.7 Å². The van der Waals surface area contributed by atoms with Crippen LogP contribution in [0.25, 0.3) is 11.1 Å². The van der Waals surface area contributed by atoms with E-state index in [0.717, 1.165) is 5.56 Å². The molecule has 0 spiro atoms. The van der Waals surface area contributed by atoms with E-state index in [-0.39, 0.29) is 5.56 Å². The molecule has 0 aliphatic rings. The normalized spacial score (nSPS) is 10.7. The van der Waals surface area contributed by atoms with Crippen LogP contribution in [0.5, 0.6) is 0 Å². The number of carbonyl (C=O) groups is 1. The van der Waals surface area contributed by atoms with Crippen molar-refractivity contribution in [2.45, 2.75) is 6.92 Å². The molecule has 0 saturated carbocycles. The highest BCUT2D eigenvalue weighted by atomic mass is 19.2. The SMILES string of the molecule is Cc1ccc(-c2c(F)c(F)c(F)c(F)c2C(=O)O)cc1. The molecule has 2 aromatic carbocycles. The molecular formula is C14H8F4O2. The van der Waals surface area contributed by atoms with Crippen LogP contribution >= 0.6 is 0 Å². The smallest absolute Gasteiger partial charge is 0.339 e. The Bertz CT molecular complexity index is 694. The summed E-state index contributed by atoms with van der Waals surface area (Å²) in [6.07, 6.45) is 0. The van der Waals surface area contributed by atoms with E-state index in [4.69, 9.17) is 5.11 Å². The minimum Gasteiger partial charge on any atom is -0.478 e. The van der Waals surface area contributed by atoms with Crippen LogP contribution < -0.4 is 0 Å². The van der Waals surface area contributed by atoms with Gasteiger partial charge in [0.1, 0.15) is 5.56 Å². The van der Waals surface area contributed by atoms with E-state index in [1.165, 1.54) is 24.3 Å². The molecule has 0 amide bonds. The molecule has 0 bridgehead atoms. The van der Waals surface area contributed by atoms with E-state index in [1.54, 1.807) is 6.92 Å². The van der Waals surface area contributed by atoms with Crippen molar-refractivity contribution in [2.75, 3.05) is 0 Å². The van der Waals surface area contributed by atoms with Gasteiger partial charge in [-0.2, -0.15) is 0 Å². The molecule has 0 unspecified atom stereocenters. The number of hydrogen-bond acceptors (Lipinski definition) is 1. The quantitative estimate of drug-likeness (QED) is 0.515. The number of halogens is 4. The molecule has 0 heterocycles. The minimum atomic E-state index is -2.14. The van der Waals surface area contributed by atoms with Crippen LogP contribution in [0.1, 0.15) is 15.9 Å². The maximum absolute atomic E-state index is 13.8. The van der Waals surface area contributed by atoms with E-state index in [2.05, 4.69) is 0 Å². The maximum atomic E-state index is 13.8. The Balaban J connectivity index is 2.87. The zero-order chi connectivity index (χ0) is 15.0. The van der Waals surface area contributed by atoms with E-state index >= 15 is 0 Å². The maximum Gasteiger partial charge on any atom is 0.339 e. The number of hydrogen-bond donors (Lipinski definition) is 1. The average Bonchev–Trinajstić information content (AvgIpc) is 2.41. The molecule has 0 saturated heterocycles. The van der Waals surface area contributed by atoms with E-state index in [1.807, 2.05) is 0 Å². The monoisotopic (exact) mass is 284 g/mol. The van der Waals surface area contributed by atoms with E-state index in [9.17, 15) is 22.4 Å². The van der Waals surface area contributed by atoms with Crippen LogP contribution in [0.4, 0.5) is 17.6 Å². The zero-order valence-corrected chi connectivity index (χ0v) is 10.2. The highest BCUT2D eigenvalue weighted by Gasteiger charge is 2.29. The van der Waals surface area contributed by atoms with Gasteiger partial charge in [-0.15, -0.1) is 0 Å². The number of carboxylic acids is 1. The molecule has 2 rings (SSSR count). The Labute approximate surface area is 111 Å². The summed E-state index contributed by atoms with van der Waals surface area (Å²) in [5.74, 6) is -9.72. The second-order valence-electron chi connectivity index (χ2n) is 4.18. The second-order valence-corrected chi connectivity index (χ2v) is 4.18. The van der Waals surface area contributed by atoms with Gasteiger partial charge in [-0.1, -0.05) is 29.8 Å².